The average Bonchev–Trinajstić information content (AvgIpc) is 3.08. The molecule has 0 atom stereocenters. The Kier molecular flexibility index (Phi) is 3.93. The third-order valence-electron chi connectivity index (χ3n) is 2.88. The molecule has 0 radical (unpaired) electrons. The molecule has 0 spiro atoms. The van der Waals surface area contributed by atoms with E-state index in [1.54, 1.807) is 12.1 Å². The van der Waals surface area contributed by atoms with Crippen molar-refractivity contribution in [2.75, 3.05) is 5.32 Å². The van der Waals surface area contributed by atoms with Gasteiger partial charge in [-0.1, -0.05) is 12.1 Å². The van der Waals surface area contributed by atoms with Gasteiger partial charge in [0.15, 0.2) is 0 Å². The van der Waals surface area contributed by atoms with Crippen molar-refractivity contribution in [3.05, 3.63) is 60.6 Å². The van der Waals surface area contributed by atoms with Crippen molar-refractivity contribution in [3.63, 3.8) is 0 Å². The van der Waals surface area contributed by atoms with Crippen LogP contribution in [0.25, 0.3) is 11.3 Å². The molecule has 0 fully saturated rings. The number of H-pyrrole nitrogens is 2. The van der Waals surface area contributed by atoms with E-state index < -0.39 is 0 Å². The van der Waals surface area contributed by atoms with Crippen LogP contribution in [0.2, 0.25) is 0 Å². The molecular weight excluding hydrogens is 401 g/mol. The molecule has 0 bridgehead atoms. The number of carbonyl (C=O) groups is 1. The van der Waals surface area contributed by atoms with E-state index in [9.17, 15) is 9.59 Å². The maximum atomic E-state index is 12.0. The van der Waals surface area contributed by atoms with Crippen LogP contribution in [-0.2, 0) is 0 Å². The van der Waals surface area contributed by atoms with E-state index in [4.69, 9.17) is 0 Å². The summed E-state index contributed by atoms with van der Waals surface area (Å²) >= 11 is 3.72. The largest absolute Gasteiger partial charge is 0.322 e. The van der Waals surface area contributed by atoms with E-state index in [2.05, 4.69) is 38.1 Å². The van der Waals surface area contributed by atoms with Gasteiger partial charge in [-0.2, -0.15) is 0 Å². The van der Waals surface area contributed by atoms with E-state index in [0.717, 1.165) is 8.45 Å². The van der Waals surface area contributed by atoms with E-state index in [0.29, 0.717) is 16.9 Å². The molecule has 3 N–H and O–H groups in total. The minimum atomic E-state index is -0.172. The fourth-order valence-corrected chi connectivity index (χ4v) is 3.18. The molecule has 2 aromatic heterocycles. The van der Waals surface area contributed by atoms with Crippen molar-refractivity contribution < 1.29 is 4.79 Å². The van der Waals surface area contributed by atoms with Crippen LogP contribution in [0.1, 0.15) is 10.4 Å². The molecule has 5 nitrogen and oxygen atoms in total. The lowest BCUT2D eigenvalue weighted by Crippen LogP contribution is -2.10. The van der Waals surface area contributed by atoms with Gasteiger partial charge in [-0.05, 0) is 46.4 Å². The summed E-state index contributed by atoms with van der Waals surface area (Å²) in [6.07, 6.45) is 0. The summed E-state index contributed by atoms with van der Waals surface area (Å²) in [6.45, 7) is 0. The summed E-state index contributed by atoms with van der Waals surface area (Å²) < 4.78 is 1.07. The predicted molar refractivity (Wildman–Crippen MR) is 91.8 cm³/mol. The Balaban J connectivity index is 1.75. The van der Waals surface area contributed by atoms with Gasteiger partial charge >= 0.3 is 0 Å². The normalized spacial score (nSPS) is 10.5. The Hall–Kier alpha value is -1.87. The molecule has 0 saturated carbocycles. The highest BCUT2D eigenvalue weighted by Crippen LogP contribution is 2.20. The molecule has 3 aromatic rings. The van der Waals surface area contributed by atoms with Crippen LogP contribution < -0.4 is 10.9 Å². The van der Waals surface area contributed by atoms with Gasteiger partial charge in [0, 0.05) is 17.1 Å². The Labute approximate surface area is 137 Å². The first kappa shape index (κ1) is 14.1. The smallest absolute Gasteiger partial charge is 0.264 e. The zero-order chi connectivity index (χ0) is 14.8. The second-order valence-electron chi connectivity index (χ2n) is 4.34. The number of hydrogen-bond acceptors (Lipinski definition) is 3. The second kappa shape index (κ2) is 5.86. The number of aromatic nitrogens is 2. The predicted octanol–water partition coefficient (Wildman–Crippen LogP) is 3.29. The van der Waals surface area contributed by atoms with Gasteiger partial charge in [0.1, 0.15) is 0 Å². The van der Waals surface area contributed by atoms with Crippen molar-refractivity contribution in [2.24, 2.45) is 0 Å². The molecule has 1 amide bonds. The number of aromatic amines is 2. The van der Waals surface area contributed by atoms with Gasteiger partial charge in [0.25, 0.3) is 11.5 Å². The Morgan fingerprint density at radius 3 is 2.48 bits per heavy atom. The van der Waals surface area contributed by atoms with Gasteiger partial charge in [-0.3, -0.25) is 19.8 Å². The monoisotopic (exact) mass is 411 g/mol. The molecule has 7 heteroatoms. The van der Waals surface area contributed by atoms with Gasteiger partial charge in [-0.15, -0.1) is 11.3 Å². The SMILES string of the molecule is O=C(Nc1ccc(-c2cc(=O)[nH][nH]2)cc1)c1csc(I)c1. The highest BCUT2D eigenvalue weighted by Gasteiger charge is 2.08. The summed E-state index contributed by atoms with van der Waals surface area (Å²) in [6, 6.07) is 10.6. The lowest BCUT2D eigenvalue weighted by atomic mass is 10.1. The first-order chi connectivity index (χ1) is 10.1. The molecule has 0 saturated heterocycles. The number of hydrogen-bond donors (Lipinski definition) is 3. The fourth-order valence-electron chi connectivity index (χ4n) is 1.85. The van der Waals surface area contributed by atoms with Crippen LogP contribution in [0.4, 0.5) is 5.69 Å². The van der Waals surface area contributed by atoms with Crippen molar-refractivity contribution in [1.29, 1.82) is 0 Å². The Bertz CT molecular complexity index is 832. The van der Waals surface area contributed by atoms with Gasteiger partial charge in [0.2, 0.25) is 0 Å². The molecule has 3 rings (SSSR count). The lowest BCUT2D eigenvalue weighted by molar-refractivity contribution is 0.102. The first-order valence-electron chi connectivity index (χ1n) is 6.05. The number of nitrogens with one attached hydrogen (secondary N) is 3. The van der Waals surface area contributed by atoms with Crippen molar-refractivity contribution in [1.82, 2.24) is 10.2 Å². The standard InChI is InChI=1S/C14H10IN3O2S/c15-12-5-9(7-21-12)14(20)16-10-3-1-8(2-4-10)11-6-13(19)18-17-11/h1-7H,(H,16,20)(H2,17,18,19). The third kappa shape index (κ3) is 3.24. The topological polar surface area (TPSA) is 77.8 Å². The maximum Gasteiger partial charge on any atom is 0.264 e. The molecular formula is C14H10IN3O2S. The molecule has 0 aliphatic rings. The zero-order valence-corrected chi connectivity index (χ0v) is 13.6. The average molecular weight is 411 g/mol. The molecule has 0 aliphatic carbocycles. The number of amides is 1. The lowest BCUT2D eigenvalue weighted by Gasteiger charge is -2.04. The number of thiophene rings is 1. The minimum absolute atomic E-state index is 0.128. The van der Waals surface area contributed by atoms with Crippen LogP contribution >= 0.6 is 33.9 Å². The number of halogens is 1. The fraction of sp³-hybridized carbons (Fsp3) is 0. The summed E-state index contributed by atoms with van der Waals surface area (Å²) in [5, 5.41) is 9.94. The zero-order valence-electron chi connectivity index (χ0n) is 10.6. The number of anilines is 1. The molecule has 21 heavy (non-hydrogen) atoms. The van der Waals surface area contributed by atoms with E-state index in [1.165, 1.54) is 17.4 Å². The Morgan fingerprint density at radius 2 is 1.90 bits per heavy atom. The number of benzene rings is 1. The molecule has 0 aliphatic heterocycles. The molecule has 0 unspecified atom stereocenters. The quantitative estimate of drug-likeness (QED) is 0.579. The highest BCUT2D eigenvalue weighted by atomic mass is 127. The van der Waals surface area contributed by atoms with Crippen LogP contribution in [0.15, 0.2) is 46.6 Å². The van der Waals surface area contributed by atoms with Crippen molar-refractivity contribution >= 4 is 45.5 Å². The summed E-state index contributed by atoms with van der Waals surface area (Å²) in [5.74, 6) is -0.128. The van der Waals surface area contributed by atoms with Crippen LogP contribution in [0.5, 0.6) is 0 Å². The first-order valence-corrected chi connectivity index (χ1v) is 8.01. The number of rotatable bonds is 3. The third-order valence-corrected chi connectivity index (χ3v) is 4.67. The van der Waals surface area contributed by atoms with Gasteiger partial charge in [-0.25, -0.2) is 0 Å². The number of carbonyl (C=O) groups excluding carboxylic acids is 1. The van der Waals surface area contributed by atoms with Crippen LogP contribution in [0.3, 0.4) is 0 Å². The van der Waals surface area contributed by atoms with E-state index in [1.807, 2.05) is 23.6 Å². The van der Waals surface area contributed by atoms with Crippen LogP contribution in [-0.4, -0.2) is 16.1 Å². The van der Waals surface area contributed by atoms with Gasteiger partial charge < -0.3 is 5.32 Å². The Morgan fingerprint density at radius 1 is 1.14 bits per heavy atom. The van der Waals surface area contributed by atoms with Crippen molar-refractivity contribution in [3.8, 4) is 11.3 Å². The van der Waals surface area contributed by atoms with Crippen LogP contribution in [0, 0.1) is 2.88 Å². The molecule has 2 heterocycles. The van der Waals surface area contributed by atoms with Gasteiger partial charge in [0.05, 0.1) is 14.1 Å². The minimum Gasteiger partial charge on any atom is -0.322 e. The molecule has 106 valence electrons. The van der Waals surface area contributed by atoms with E-state index >= 15 is 0 Å². The maximum absolute atomic E-state index is 12.0. The summed E-state index contributed by atoms with van der Waals surface area (Å²) in [5.41, 5.74) is 2.78. The molecule has 1 aromatic carbocycles. The summed E-state index contributed by atoms with van der Waals surface area (Å²) in [7, 11) is 0. The summed E-state index contributed by atoms with van der Waals surface area (Å²) in [4.78, 5) is 23.1. The van der Waals surface area contributed by atoms with E-state index in [-0.39, 0.29) is 11.5 Å². The second-order valence-corrected chi connectivity index (χ2v) is 7.15. The highest BCUT2D eigenvalue weighted by molar-refractivity contribution is 14.1. The van der Waals surface area contributed by atoms with Crippen molar-refractivity contribution in [2.45, 2.75) is 0 Å².